The molecular formula is C21H27N5O. The Morgan fingerprint density at radius 2 is 2.07 bits per heavy atom. The van der Waals surface area contributed by atoms with Gasteiger partial charge in [-0.15, -0.1) is 0 Å². The maximum atomic E-state index is 12.5. The lowest BCUT2D eigenvalue weighted by Crippen LogP contribution is -2.41. The molecule has 0 radical (unpaired) electrons. The number of hydrogen-bond donors (Lipinski definition) is 1. The number of guanidine groups is 1. The quantitative estimate of drug-likeness (QED) is 0.629. The average Bonchev–Trinajstić information content (AvgIpc) is 3.14. The van der Waals surface area contributed by atoms with E-state index in [0.29, 0.717) is 6.54 Å². The first-order chi connectivity index (χ1) is 13.2. The van der Waals surface area contributed by atoms with Crippen LogP contribution in [-0.2, 0) is 17.6 Å². The third kappa shape index (κ3) is 4.84. The number of amides is 1. The summed E-state index contributed by atoms with van der Waals surface area (Å²) in [6, 6.07) is 14.2. The molecule has 1 aromatic carbocycles. The predicted octanol–water partition coefficient (Wildman–Crippen LogP) is 2.11. The van der Waals surface area contributed by atoms with E-state index in [0.717, 1.165) is 37.6 Å². The lowest BCUT2D eigenvalue weighted by Gasteiger charge is -2.23. The molecule has 0 saturated heterocycles. The largest absolute Gasteiger partial charge is 0.356 e. The van der Waals surface area contributed by atoms with Crippen LogP contribution in [0.25, 0.3) is 0 Å². The number of fused-ring (bicyclic) bond motifs is 1. The highest BCUT2D eigenvalue weighted by molar-refractivity contribution is 5.99. The second-order valence-electron chi connectivity index (χ2n) is 6.59. The van der Waals surface area contributed by atoms with Crippen LogP contribution in [0.4, 0.5) is 5.69 Å². The number of benzene rings is 1. The average molecular weight is 365 g/mol. The Morgan fingerprint density at radius 3 is 2.85 bits per heavy atom. The first-order valence-electron chi connectivity index (χ1n) is 9.46. The van der Waals surface area contributed by atoms with Gasteiger partial charge in [0.15, 0.2) is 5.96 Å². The number of carbonyl (C=O) groups is 1. The second kappa shape index (κ2) is 9.16. The number of nitrogens with zero attached hydrogens (tertiary/aromatic N) is 4. The Balaban J connectivity index is 1.60. The normalized spacial score (nSPS) is 13.4. The highest BCUT2D eigenvalue weighted by Gasteiger charge is 2.22. The summed E-state index contributed by atoms with van der Waals surface area (Å²) in [7, 11) is 1.82. The summed E-state index contributed by atoms with van der Waals surface area (Å²) in [5, 5.41) is 3.31. The van der Waals surface area contributed by atoms with Gasteiger partial charge in [0.1, 0.15) is 6.54 Å². The molecule has 0 atom stereocenters. The highest BCUT2D eigenvalue weighted by atomic mass is 16.2. The number of aliphatic imine (C=N–C) groups is 1. The SMILES string of the molecule is CCNC(=NCC(=O)N(C)CCc1ccccn1)N1CCc2ccccc21. The van der Waals surface area contributed by atoms with Crippen molar-refractivity contribution in [2.24, 2.45) is 4.99 Å². The first-order valence-corrected chi connectivity index (χ1v) is 9.46. The van der Waals surface area contributed by atoms with Gasteiger partial charge in [-0.25, -0.2) is 4.99 Å². The predicted molar refractivity (Wildman–Crippen MR) is 109 cm³/mol. The fraction of sp³-hybridized carbons (Fsp3) is 0.381. The Labute approximate surface area is 160 Å². The molecule has 0 unspecified atom stereocenters. The Kier molecular flexibility index (Phi) is 6.41. The van der Waals surface area contributed by atoms with Crippen LogP contribution in [0.2, 0.25) is 0 Å². The molecule has 1 amide bonds. The number of likely N-dealkylation sites (N-methyl/N-ethyl adjacent to an activating group) is 1. The molecule has 27 heavy (non-hydrogen) atoms. The van der Waals surface area contributed by atoms with Gasteiger partial charge in [-0.05, 0) is 37.1 Å². The van der Waals surface area contributed by atoms with Crippen molar-refractivity contribution in [1.29, 1.82) is 0 Å². The van der Waals surface area contributed by atoms with Crippen LogP contribution >= 0.6 is 0 Å². The number of rotatable bonds is 6. The summed E-state index contributed by atoms with van der Waals surface area (Å²) < 4.78 is 0. The summed E-state index contributed by atoms with van der Waals surface area (Å²) in [5.41, 5.74) is 3.48. The summed E-state index contributed by atoms with van der Waals surface area (Å²) in [5.74, 6) is 0.780. The van der Waals surface area contributed by atoms with Crippen molar-refractivity contribution < 1.29 is 4.79 Å². The molecular weight excluding hydrogens is 338 g/mol. The molecule has 142 valence electrons. The molecule has 6 nitrogen and oxygen atoms in total. The minimum atomic E-state index is 0.00816. The molecule has 0 fully saturated rings. The van der Waals surface area contributed by atoms with Gasteiger partial charge in [0.05, 0.1) is 0 Å². The van der Waals surface area contributed by atoms with E-state index in [-0.39, 0.29) is 12.5 Å². The maximum Gasteiger partial charge on any atom is 0.244 e. The Bertz CT molecular complexity index is 790. The molecule has 6 heteroatoms. The molecule has 2 aromatic rings. The van der Waals surface area contributed by atoms with E-state index in [9.17, 15) is 4.79 Å². The molecule has 1 N–H and O–H groups in total. The Morgan fingerprint density at radius 1 is 1.26 bits per heavy atom. The summed E-state index contributed by atoms with van der Waals surface area (Å²) in [6.45, 7) is 4.46. The van der Waals surface area contributed by atoms with Crippen molar-refractivity contribution in [3.8, 4) is 0 Å². The molecule has 0 aliphatic carbocycles. The van der Waals surface area contributed by atoms with Gasteiger partial charge in [-0.2, -0.15) is 0 Å². The van der Waals surface area contributed by atoms with E-state index in [4.69, 9.17) is 0 Å². The van der Waals surface area contributed by atoms with E-state index in [1.54, 1.807) is 11.1 Å². The van der Waals surface area contributed by atoms with E-state index < -0.39 is 0 Å². The minimum absolute atomic E-state index is 0.00816. The molecule has 3 rings (SSSR count). The zero-order valence-electron chi connectivity index (χ0n) is 16.1. The second-order valence-corrected chi connectivity index (χ2v) is 6.59. The number of nitrogens with one attached hydrogen (secondary N) is 1. The monoisotopic (exact) mass is 365 g/mol. The van der Waals surface area contributed by atoms with E-state index in [2.05, 4.69) is 38.4 Å². The van der Waals surface area contributed by atoms with Crippen LogP contribution in [0.15, 0.2) is 53.7 Å². The third-order valence-electron chi connectivity index (χ3n) is 4.70. The minimum Gasteiger partial charge on any atom is -0.356 e. The van der Waals surface area contributed by atoms with Crippen LogP contribution in [-0.4, -0.2) is 55.0 Å². The Hall–Kier alpha value is -2.89. The van der Waals surface area contributed by atoms with Crippen LogP contribution in [0, 0.1) is 0 Å². The molecule has 0 spiro atoms. The molecule has 0 saturated carbocycles. The van der Waals surface area contributed by atoms with Crippen LogP contribution in [0.3, 0.4) is 0 Å². The third-order valence-corrected chi connectivity index (χ3v) is 4.70. The number of anilines is 1. The first kappa shape index (κ1) is 18.9. The number of pyridine rings is 1. The topological polar surface area (TPSA) is 60.8 Å². The smallest absolute Gasteiger partial charge is 0.244 e. The number of aromatic nitrogens is 1. The van der Waals surface area contributed by atoms with Crippen molar-refractivity contribution in [3.63, 3.8) is 0 Å². The van der Waals surface area contributed by atoms with Crippen molar-refractivity contribution >= 4 is 17.6 Å². The zero-order chi connectivity index (χ0) is 19.1. The van der Waals surface area contributed by atoms with Gasteiger partial charge in [0, 0.05) is 50.7 Å². The van der Waals surface area contributed by atoms with Crippen molar-refractivity contribution in [3.05, 3.63) is 59.9 Å². The van der Waals surface area contributed by atoms with Gasteiger partial charge < -0.3 is 15.1 Å². The maximum absolute atomic E-state index is 12.5. The molecule has 1 aliphatic heterocycles. The van der Waals surface area contributed by atoms with E-state index in [1.807, 2.05) is 38.2 Å². The van der Waals surface area contributed by atoms with Crippen LogP contribution in [0.1, 0.15) is 18.2 Å². The fourth-order valence-corrected chi connectivity index (χ4v) is 3.17. The summed E-state index contributed by atoms with van der Waals surface area (Å²) in [4.78, 5) is 25.3. The highest BCUT2D eigenvalue weighted by Crippen LogP contribution is 2.27. The molecule has 1 aliphatic rings. The zero-order valence-corrected chi connectivity index (χ0v) is 16.1. The molecule has 2 heterocycles. The van der Waals surface area contributed by atoms with Crippen molar-refractivity contribution in [2.45, 2.75) is 19.8 Å². The van der Waals surface area contributed by atoms with Gasteiger partial charge in [-0.1, -0.05) is 24.3 Å². The van der Waals surface area contributed by atoms with Gasteiger partial charge in [0.2, 0.25) is 5.91 Å². The van der Waals surface area contributed by atoms with Gasteiger partial charge in [-0.3, -0.25) is 9.78 Å². The van der Waals surface area contributed by atoms with E-state index in [1.165, 1.54) is 11.3 Å². The summed E-state index contributed by atoms with van der Waals surface area (Å²) in [6.07, 6.45) is 3.52. The molecule has 0 bridgehead atoms. The van der Waals surface area contributed by atoms with Gasteiger partial charge >= 0.3 is 0 Å². The van der Waals surface area contributed by atoms with Crippen molar-refractivity contribution in [2.75, 3.05) is 38.1 Å². The number of hydrogen-bond acceptors (Lipinski definition) is 3. The number of para-hydroxylation sites is 1. The molecule has 1 aromatic heterocycles. The van der Waals surface area contributed by atoms with Crippen molar-refractivity contribution in [1.82, 2.24) is 15.2 Å². The van der Waals surface area contributed by atoms with Gasteiger partial charge in [0.25, 0.3) is 0 Å². The standard InChI is InChI=1S/C21H27N5O/c1-3-22-21(26-15-11-17-8-4-5-10-19(17)26)24-16-20(27)25(2)14-12-18-9-6-7-13-23-18/h4-10,13H,3,11-12,14-16H2,1-2H3,(H,22,24). The van der Waals surface area contributed by atoms with E-state index >= 15 is 0 Å². The van der Waals surface area contributed by atoms with Crippen LogP contribution in [0.5, 0.6) is 0 Å². The fourth-order valence-electron chi connectivity index (χ4n) is 3.17. The number of carbonyl (C=O) groups excluding carboxylic acids is 1. The summed E-state index contributed by atoms with van der Waals surface area (Å²) >= 11 is 0. The van der Waals surface area contributed by atoms with Crippen LogP contribution < -0.4 is 10.2 Å². The lowest BCUT2D eigenvalue weighted by molar-refractivity contribution is -0.128. The lowest BCUT2D eigenvalue weighted by atomic mass is 10.2.